The van der Waals surface area contributed by atoms with Crippen molar-refractivity contribution in [2.45, 2.75) is 39.2 Å². The van der Waals surface area contributed by atoms with Crippen molar-refractivity contribution in [1.82, 2.24) is 5.32 Å². The van der Waals surface area contributed by atoms with E-state index >= 15 is 0 Å². The Morgan fingerprint density at radius 2 is 2.00 bits per heavy atom. The Hall–Kier alpha value is -0.930. The van der Waals surface area contributed by atoms with Crippen LogP contribution in [0, 0.1) is 23.6 Å². The number of hydrogen-bond acceptors (Lipinski definition) is 2. The summed E-state index contributed by atoms with van der Waals surface area (Å²) in [5.41, 5.74) is 0. The minimum absolute atomic E-state index is 0.145. The van der Waals surface area contributed by atoms with E-state index in [0.29, 0.717) is 12.0 Å². The van der Waals surface area contributed by atoms with Crippen molar-refractivity contribution >= 4 is 21.4 Å². The van der Waals surface area contributed by atoms with Crippen LogP contribution >= 0.6 is 11.3 Å². The molecular formula is C18H24FNS. The summed E-state index contributed by atoms with van der Waals surface area (Å²) in [6, 6.07) is 7.68. The summed E-state index contributed by atoms with van der Waals surface area (Å²) in [5, 5.41) is 4.55. The molecule has 4 atom stereocenters. The summed E-state index contributed by atoms with van der Waals surface area (Å²) >= 11 is 1.81. The van der Waals surface area contributed by atoms with Gasteiger partial charge in [0, 0.05) is 15.6 Å². The van der Waals surface area contributed by atoms with Crippen LogP contribution in [0.15, 0.2) is 24.3 Å². The molecule has 0 spiro atoms. The number of halogens is 1. The molecule has 1 fully saturated rings. The number of benzene rings is 1. The van der Waals surface area contributed by atoms with Crippen molar-refractivity contribution in [3.8, 4) is 0 Å². The first-order valence-corrected chi connectivity index (χ1v) is 8.76. The van der Waals surface area contributed by atoms with Crippen LogP contribution < -0.4 is 5.32 Å². The Labute approximate surface area is 130 Å². The SMILES string of the molecule is CNC(c1cc2cc(F)ccc2s1)C1CCC(C)C(C)C1. The van der Waals surface area contributed by atoms with Gasteiger partial charge in [-0.15, -0.1) is 11.3 Å². The van der Waals surface area contributed by atoms with E-state index in [1.807, 2.05) is 6.07 Å². The van der Waals surface area contributed by atoms with E-state index < -0.39 is 0 Å². The number of fused-ring (bicyclic) bond motifs is 1. The van der Waals surface area contributed by atoms with Crippen LogP contribution in [0.3, 0.4) is 0 Å². The van der Waals surface area contributed by atoms with Crippen LogP contribution in [-0.4, -0.2) is 7.05 Å². The highest BCUT2D eigenvalue weighted by atomic mass is 32.1. The van der Waals surface area contributed by atoms with Gasteiger partial charge >= 0.3 is 0 Å². The van der Waals surface area contributed by atoms with Gasteiger partial charge in [0.25, 0.3) is 0 Å². The van der Waals surface area contributed by atoms with Gasteiger partial charge in [-0.3, -0.25) is 0 Å². The van der Waals surface area contributed by atoms with Gasteiger partial charge in [0.05, 0.1) is 0 Å². The highest BCUT2D eigenvalue weighted by Crippen LogP contribution is 2.42. The van der Waals surface area contributed by atoms with Gasteiger partial charge in [-0.05, 0) is 67.3 Å². The molecular weight excluding hydrogens is 281 g/mol. The largest absolute Gasteiger partial charge is 0.312 e. The van der Waals surface area contributed by atoms with E-state index in [2.05, 4.69) is 32.3 Å². The second kappa shape index (κ2) is 6.05. The van der Waals surface area contributed by atoms with Gasteiger partial charge in [-0.1, -0.05) is 20.3 Å². The fraction of sp³-hybridized carbons (Fsp3) is 0.556. The smallest absolute Gasteiger partial charge is 0.123 e. The Morgan fingerprint density at radius 1 is 1.19 bits per heavy atom. The van der Waals surface area contributed by atoms with Gasteiger partial charge in [0.15, 0.2) is 0 Å². The van der Waals surface area contributed by atoms with Crippen molar-refractivity contribution in [1.29, 1.82) is 0 Å². The zero-order chi connectivity index (χ0) is 15.0. The van der Waals surface area contributed by atoms with E-state index in [1.165, 1.54) is 28.8 Å². The maximum atomic E-state index is 13.4. The molecule has 1 heterocycles. The first-order chi connectivity index (χ1) is 10.1. The van der Waals surface area contributed by atoms with E-state index in [1.54, 1.807) is 23.5 Å². The number of thiophene rings is 1. The molecule has 3 rings (SSSR count). The van der Waals surface area contributed by atoms with Crippen LogP contribution in [0.4, 0.5) is 4.39 Å². The Bertz CT molecular complexity index is 621. The third kappa shape index (κ3) is 3.00. The summed E-state index contributed by atoms with van der Waals surface area (Å²) in [6.45, 7) is 4.75. The lowest BCUT2D eigenvalue weighted by Crippen LogP contribution is -2.31. The zero-order valence-corrected chi connectivity index (χ0v) is 13.8. The quantitative estimate of drug-likeness (QED) is 0.803. The fourth-order valence-corrected chi connectivity index (χ4v) is 4.94. The normalized spacial score (nSPS) is 27.9. The summed E-state index contributed by atoms with van der Waals surface area (Å²) in [4.78, 5) is 1.35. The zero-order valence-electron chi connectivity index (χ0n) is 13.0. The molecule has 114 valence electrons. The van der Waals surface area contributed by atoms with Gasteiger partial charge in [0.2, 0.25) is 0 Å². The molecule has 0 aliphatic heterocycles. The third-order valence-corrected chi connectivity index (χ3v) is 6.42. The second-order valence-corrected chi connectivity index (χ2v) is 7.74. The Balaban J connectivity index is 1.87. The molecule has 0 radical (unpaired) electrons. The van der Waals surface area contributed by atoms with Crippen molar-refractivity contribution in [3.05, 3.63) is 35.0 Å². The van der Waals surface area contributed by atoms with Crippen LogP contribution in [-0.2, 0) is 0 Å². The lowest BCUT2D eigenvalue weighted by molar-refractivity contribution is 0.176. The molecule has 3 heteroatoms. The van der Waals surface area contributed by atoms with Crippen molar-refractivity contribution < 1.29 is 4.39 Å². The van der Waals surface area contributed by atoms with Gasteiger partial charge in [-0.25, -0.2) is 4.39 Å². The Morgan fingerprint density at radius 3 is 2.71 bits per heavy atom. The van der Waals surface area contributed by atoms with Gasteiger partial charge in [-0.2, -0.15) is 0 Å². The van der Waals surface area contributed by atoms with Crippen molar-refractivity contribution in [2.24, 2.45) is 17.8 Å². The topological polar surface area (TPSA) is 12.0 Å². The monoisotopic (exact) mass is 305 g/mol. The number of rotatable bonds is 3. The molecule has 1 aromatic carbocycles. The average Bonchev–Trinajstić information content (AvgIpc) is 2.86. The van der Waals surface area contributed by atoms with E-state index in [0.717, 1.165) is 17.2 Å². The maximum absolute atomic E-state index is 13.4. The molecule has 2 aromatic rings. The maximum Gasteiger partial charge on any atom is 0.123 e. The molecule has 0 bridgehead atoms. The first-order valence-electron chi connectivity index (χ1n) is 7.94. The van der Waals surface area contributed by atoms with E-state index in [4.69, 9.17) is 0 Å². The Kier molecular flexibility index (Phi) is 4.32. The van der Waals surface area contributed by atoms with Crippen LogP contribution in [0.2, 0.25) is 0 Å². The predicted molar refractivity (Wildman–Crippen MR) is 89.3 cm³/mol. The van der Waals surface area contributed by atoms with Crippen LogP contribution in [0.5, 0.6) is 0 Å². The van der Waals surface area contributed by atoms with Crippen LogP contribution in [0.1, 0.15) is 44.0 Å². The van der Waals surface area contributed by atoms with Gasteiger partial charge < -0.3 is 5.32 Å². The highest BCUT2D eigenvalue weighted by Gasteiger charge is 2.31. The third-order valence-electron chi connectivity index (χ3n) is 5.23. The summed E-state index contributed by atoms with van der Waals surface area (Å²) < 4.78 is 14.6. The predicted octanol–water partition coefficient (Wildman–Crippen LogP) is 5.37. The van der Waals surface area contributed by atoms with Gasteiger partial charge in [0.1, 0.15) is 5.82 Å². The first kappa shape index (κ1) is 15.0. The lowest BCUT2D eigenvalue weighted by atomic mass is 9.73. The molecule has 0 saturated heterocycles. The summed E-state index contributed by atoms with van der Waals surface area (Å²) in [5.74, 6) is 2.19. The standard InChI is InChI=1S/C18H24FNS/c1-11-4-5-13(8-12(11)2)18(20-3)17-10-14-9-15(19)6-7-16(14)21-17/h6-7,9-13,18,20H,4-5,8H2,1-3H3. The highest BCUT2D eigenvalue weighted by molar-refractivity contribution is 7.19. The molecule has 1 N–H and O–H groups in total. The molecule has 21 heavy (non-hydrogen) atoms. The fourth-order valence-electron chi connectivity index (χ4n) is 3.69. The molecule has 1 aliphatic rings. The molecule has 1 nitrogen and oxygen atoms in total. The van der Waals surface area contributed by atoms with Crippen molar-refractivity contribution in [2.75, 3.05) is 7.05 Å². The second-order valence-electron chi connectivity index (χ2n) is 6.62. The van der Waals surface area contributed by atoms with E-state index in [-0.39, 0.29) is 5.82 Å². The number of nitrogens with one attached hydrogen (secondary N) is 1. The lowest BCUT2D eigenvalue weighted by Gasteiger charge is -2.36. The summed E-state index contributed by atoms with van der Waals surface area (Å²) in [7, 11) is 2.05. The van der Waals surface area contributed by atoms with E-state index in [9.17, 15) is 4.39 Å². The summed E-state index contributed by atoms with van der Waals surface area (Å²) in [6.07, 6.45) is 3.90. The minimum atomic E-state index is -0.145. The molecule has 4 unspecified atom stereocenters. The number of hydrogen-bond donors (Lipinski definition) is 1. The van der Waals surface area contributed by atoms with Crippen LogP contribution in [0.25, 0.3) is 10.1 Å². The minimum Gasteiger partial charge on any atom is -0.312 e. The molecule has 1 aliphatic carbocycles. The molecule has 1 saturated carbocycles. The van der Waals surface area contributed by atoms with Crippen molar-refractivity contribution in [3.63, 3.8) is 0 Å². The molecule has 0 amide bonds. The average molecular weight is 305 g/mol. The molecule has 1 aromatic heterocycles.